The Kier molecular flexibility index (Phi) is 6.11. The van der Waals surface area contributed by atoms with Crippen molar-refractivity contribution in [2.75, 3.05) is 18.4 Å². The monoisotopic (exact) mass is 449 g/mol. The smallest absolute Gasteiger partial charge is 0.323 e. The van der Waals surface area contributed by atoms with Crippen molar-refractivity contribution in [3.8, 4) is 0 Å². The maximum absolute atomic E-state index is 15.6. The summed E-state index contributed by atoms with van der Waals surface area (Å²) in [6, 6.07) is 0.974. The number of rotatable bonds is 6. The summed E-state index contributed by atoms with van der Waals surface area (Å²) in [4.78, 5) is 12.8. The van der Waals surface area contributed by atoms with Crippen LogP contribution in [0.5, 0.6) is 0 Å². The zero-order valence-electron chi connectivity index (χ0n) is 16.4. The molecule has 1 atom stereocenters. The van der Waals surface area contributed by atoms with E-state index in [1.165, 1.54) is 17.2 Å². The summed E-state index contributed by atoms with van der Waals surface area (Å²) in [5.41, 5.74) is -0.954. The minimum Gasteiger partial charge on any atom is -0.363 e. The number of alkyl halides is 3. The van der Waals surface area contributed by atoms with E-state index < -0.39 is 43.8 Å². The highest BCUT2D eigenvalue weighted by atomic mass is 32.2. The molecule has 2 aromatic heterocycles. The van der Waals surface area contributed by atoms with Crippen molar-refractivity contribution < 1.29 is 30.9 Å². The lowest BCUT2D eigenvalue weighted by molar-refractivity contribution is 0.116. The number of sulfone groups is 1. The third kappa shape index (κ3) is 4.02. The second kappa shape index (κ2) is 8.28. The first-order valence-electron chi connectivity index (χ1n) is 9.33. The molecule has 2 aromatic rings. The van der Waals surface area contributed by atoms with E-state index in [1.54, 1.807) is 6.92 Å². The van der Waals surface area contributed by atoms with Gasteiger partial charge in [-0.1, -0.05) is 5.16 Å². The minimum atomic E-state index is -4.75. The summed E-state index contributed by atoms with van der Waals surface area (Å²) >= 11 is 0. The molecule has 0 aliphatic carbocycles. The first-order valence-corrected chi connectivity index (χ1v) is 10.8. The Morgan fingerprint density at radius 3 is 2.60 bits per heavy atom. The molecule has 0 aromatic carbocycles. The second-order valence-corrected chi connectivity index (χ2v) is 9.35. The van der Waals surface area contributed by atoms with E-state index in [9.17, 15) is 22.0 Å². The Balaban J connectivity index is 1.74. The fourth-order valence-corrected chi connectivity index (χ4v) is 5.21. The number of piperidine rings is 1. The molecule has 2 amide bonds. The summed E-state index contributed by atoms with van der Waals surface area (Å²) < 4.78 is 73.8. The summed E-state index contributed by atoms with van der Waals surface area (Å²) in [5.74, 6) is -0.762. The summed E-state index contributed by atoms with van der Waals surface area (Å²) in [5, 5.41) is 6.84. The van der Waals surface area contributed by atoms with Crippen LogP contribution < -0.4 is 5.32 Å². The maximum atomic E-state index is 15.6. The maximum Gasteiger partial charge on any atom is 0.323 e. The molecular weight excluding hydrogens is 427 g/mol. The fraction of sp³-hybridized carbons (Fsp3) is 0.588. The molecular formula is C17H22F3N5O4S. The molecule has 0 spiro atoms. The lowest BCUT2D eigenvalue weighted by atomic mass is 9.92. The largest absolute Gasteiger partial charge is 0.363 e. The summed E-state index contributed by atoms with van der Waals surface area (Å²) in [6.45, 7) is 2.85. The first-order chi connectivity index (χ1) is 14.1. The molecule has 3 rings (SSSR count). The number of halogens is 3. The van der Waals surface area contributed by atoms with Gasteiger partial charge in [0.25, 0.3) is 6.43 Å². The number of nitrogens with zero attached hydrogens (tertiary/aromatic N) is 4. The molecule has 3 heterocycles. The predicted octanol–water partition coefficient (Wildman–Crippen LogP) is 3.23. The number of hydrogen-bond donors (Lipinski definition) is 1. The second-order valence-electron chi connectivity index (χ2n) is 7.10. The van der Waals surface area contributed by atoms with Gasteiger partial charge in [0.05, 0.1) is 0 Å². The van der Waals surface area contributed by atoms with Crippen LogP contribution in [-0.2, 0) is 16.4 Å². The van der Waals surface area contributed by atoms with E-state index in [0.29, 0.717) is 0 Å². The molecule has 0 saturated carbocycles. The van der Waals surface area contributed by atoms with Crippen LogP contribution in [0.2, 0.25) is 0 Å². The Morgan fingerprint density at radius 1 is 1.40 bits per heavy atom. The third-order valence-electron chi connectivity index (χ3n) is 5.28. The standard InChI is InChI=1S/C17H22F3N5O4S/c1-3-25-10-12(14(22-25)15(18)19)30(27,28)17(2,20)11-4-7-24(8-5-11)16(26)21-13-6-9-29-23-13/h6,9-11,15H,3-5,7-8H2,1-2H3,(H,21,23,26)/t17-/m1/s1. The van der Waals surface area contributed by atoms with E-state index >= 15 is 4.39 Å². The normalized spacial score (nSPS) is 17.9. The number of amides is 2. The van der Waals surface area contributed by atoms with Crippen LogP contribution in [0.1, 0.15) is 38.8 Å². The SMILES string of the molecule is CCn1cc(S(=O)(=O)[C@@](C)(F)C2CCN(C(=O)Nc3ccon3)CC2)c(C(F)F)n1. The van der Waals surface area contributed by atoms with Gasteiger partial charge in [-0.25, -0.2) is 26.4 Å². The van der Waals surface area contributed by atoms with Gasteiger partial charge in [0.2, 0.25) is 14.8 Å². The van der Waals surface area contributed by atoms with Gasteiger partial charge in [-0.15, -0.1) is 0 Å². The van der Waals surface area contributed by atoms with E-state index in [4.69, 9.17) is 0 Å². The molecule has 30 heavy (non-hydrogen) atoms. The molecule has 166 valence electrons. The molecule has 1 aliphatic rings. The number of nitrogens with one attached hydrogen (secondary N) is 1. The number of hydrogen-bond acceptors (Lipinski definition) is 6. The molecule has 0 bridgehead atoms. The summed E-state index contributed by atoms with van der Waals surface area (Å²) in [7, 11) is -4.75. The Bertz CT molecular complexity index is 983. The zero-order chi connectivity index (χ0) is 22.1. The fourth-order valence-electron chi connectivity index (χ4n) is 3.44. The molecule has 1 saturated heterocycles. The number of likely N-dealkylation sites (tertiary alicyclic amines) is 1. The molecule has 1 fully saturated rings. The van der Waals surface area contributed by atoms with Crippen LogP contribution >= 0.6 is 0 Å². The number of anilines is 1. The molecule has 0 radical (unpaired) electrons. The number of urea groups is 1. The van der Waals surface area contributed by atoms with Gasteiger partial charge in [-0.2, -0.15) is 5.10 Å². The van der Waals surface area contributed by atoms with Crippen molar-refractivity contribution in [3.05, 3.63) is 24.2 Å². The van der Waals surface area contributed by atoms with Gasteiger partial charge in [-0.3, -0.25) is 10.00 Å². The number of aryl methyl sites for hydroxylation is 1. The summed E-state index contributed by atoms with van der Waals surface area (Å²) in [6.07, 6.45) is -0.833. The quantitative estimate of drug-likeness (QED) is 0.725. The minimum absolute atomic E-state index is 0.0460. The highest BCUT2D eigenvalue weighted by molar-refractivity contribution is 7.92. The van der Waals surface area contributed by atoms with Gasteiger partial charge in [-0.05, 0) is 26.7 Å². The first kappa shape index (κ1) is 22.1. The highest BCUT2D eigenvalue weighted by Gasteiger charge is 2.50. The Labute approximate surface area is 171 Å². The van der Waals surface area contributed by atoms with Crippen LogP contribution in [0.15, 0.2) is 27.9 Å². The van der Waals surface area contributed by atoms with Gasteiger partial charge >= 0.3 is 6.03 Å². The average Bonchev–Trinajstić information content (AvgIpc) is 3.37. The van der Waals surface area contributed by atoms with Crippen LogP contribution in [0, 0.1) is 5.92 Å². The third-order valence-corrected chi connectivity index (χ3v) is 7.56. The number of carbonyl (C=O) groups excluding carboxylic acids is 1. The van der Waals surface area contributed by atoms with Crippen molar-refractivity contribution in [1.29, 1.82) is 0 Å². The van der Waals surface area contributed by atoms with Crippen molar-refractivity contribution >= 4 is 21.7 Å². The van der Waals surface area contributed by atoms with Gasteiger partial charge in [0.15, 0.2) is 5.82 Å². The number of carbonyl (C=O) groups is 1. The van der Waals surface area contributed by atoms with E-state index in [1.807, 2.05) is 0 Å². The molecule has 9 nitrogen and oxygen atoms in total. The number of aromatic nitrogens is 3. The molecule has 0 unspecified atom stereocenters. The van der Waals surface area contributed by atoms with Crippen LogP contribution in [-0.4, -0.2) is 52.4 Å². The van der Waals surface area contributed by atoms with Crippen LogP contribution in [0.4, 0.5) is 23.8 Å². The highest BCUT2D eigenvalue weighted by Crippen LogP contribution is 2.41. The van der Waals surface area contributed by atoms with Crippen LogP contribution in [0.3, 0.4) is 0 Å². The van der Waals surface area contributed by atoms with Crippen LogP contribution in [0.25, 0.3) is 0 Å². The van der Waals surface area contributed by atoms with E-state index in [2.05, 4.69) is 20.1 Å². The Morgan fingerprint density at radius 2 is 2.07 bits per heavy atom. The van der Waals surface area contributed by atoms with Crippen molar-refractivity contribution in [2.45, 2.75) is 49.6 Å². The van der Waals surface area contributed by atoms with Gasteiger partial charge in [0, 0.05) is 37.8 Å². The molecule has 1 aliphatic heterocycles. The van der Waals surface area contributed by atoms with Gasteiger partial charge in [0.1, 0.15) is 16.9 Å². The van der Waals surface area contributed by atoms with Gasteiger partial charge < -0.3 is 9.42 Å². The lowest BCUT2D eigenvalue weighted by Crippen LogP contribution is -2.48. The molecule has 1 N–H and O–H groups in total. The van der Waals surface area contributed by atoms with Crippen molar-refractivity contribution in [2.24, 2.45) is 5.92 Å². The van der Waals surface area contributed by atoms with E-state index in [-0.39, 0.29) is 38.3 Å². The molecule has 13 heteroatoms. The Hall–Kier alpha value is -2.57. The predicted molar refractivity (Wildman–Crippen MR) is 99.4 cm³/mol. The van der Waals surface area contributed by atoms with Crippen molar-refractivity contribution in [3.63, 3.8) is 0 Å². The van der Waals surface area contributed by atoms with Crippen molar-refractivity contribution in [1.82, 2.24) is 19.8 Å². The lowest BCUT2D eigenvalue weighted by Gasteiger charge is -2.37. The topological polar surface area (TPSA) is 110 Å². The average molecular weight is 449 g/mol. The zero-order valence-corrected chi connectivity index (χ0v) is 17.2. The van der Waals surface area contributed by atoms with E-state index in [0.717, 1.165) is 17.8 Å².